The molecule has 1 aliphatic rings. The number of benzene rings is 1. The average molecular weight is 343 g/mol. The van der Waals surface area contributed by atoms with Gasteiger partial charge < -0.3 is 10.2 Å². The Morgan fingerprint density at radius 1 is 1.29 bits per heavy atom. The first-order valence-electron chi connectivity index (χ1n) is 8.74. The maximum Gasteiger partial charge on any atom is 0.273 e. The van der Waals surface area contributed by atoms with Crippen LogP contribution >= 0.6 is 11.3 Å². The van der Waals surface area contributed by atoms with Gasteiger partial charge in [-0.05, 0) is 37.4 Å². The number of likely N-dealkylation sites (tertiary alicyclic amines) is 1. The van der Waals surface area contributed by atoms with Crippen LogP contribution in [0.25, 0.3) is 0 Å². The molecule has 0 aliphatic carbocycles. The number of piperidine rings is 1. The fourth-order valence-electron chi connectivity index (χ4n) is 3.11. The van der Waals surface area contributed by atoms with Gasteiger partial charge in [-0.15, -0.1) is 11.3 Å². The van der Waals surface area contributed by atoms with Crippen LogP contribution in [0.2, 0.25) is 0 Å². The van der Waals surface area contributed by atoms with E-state index < -0.39 is 0 Å². The van der Waals surface area contributed by atoms with Gasteiger partial charge in [0, 0.05) is 24.9 Å². The third-order valence-electron chi connectivity index (χ3n) is 4.55. The van der Waals surface area contributed by atoms with E-state index in [1.54, 1.807) is 11.3 Å². The summed E-state index contributed by atoms with van der Waals surface area (Å²) in [5.41, 5.74) is 1.84. The number of carbonyl (C=O) groups is 1. The largest absolute Gasteiger partial charge is 0.337 e. The van der Waals surface area contributed by atoms with Gasteiger partial charge in [-0.25, -0.2) is 4.98 Å². The highest BCUT2D eigenvalue weighted by molar-refractivity contribution is 7.09. The normalized spacial score (nSPS) is 15.6. The van der Waals surface area contributed by atoms with Crippen LogP contribution < -0.4 is 5.32 Å². The summed E-state index contributed by atoms with van der Waals surface area (Å²) >= 11 is 1.58. The summed E-state index contributed by atoms with van der Waals surface area (Å²) in [6, 6.07) is 10.3. The molecular weight excluding hydrogens is 318 g/mol. The van der Waals surface area contributed by atoms with E-state index in [2.05, 4.69) is 29.4 Å². The van der Waals surface area contributed by atoms with Crippen molar-refractivity contribution in [1.82, 2.24) is 15.2 Å². The highest BCUT2D eigenvalue weighted by Gasteiger charge is 2.24. The van der Waals surface area contributed by atoms with Crippen LogP contribution in [0.1, 0.15) is 40.8 Å². The van der Waals surface area contributed by atoms with Crippen LogP contribution in [0.15, 0.2) is 35.7 Å². The number of thiazole rings is 1. The molecule has 1 fully saturated rings. The van der Waals surface area contributed by atoms with Crippen LogP contribution in [-0.2, 0) is 6.42 Å². The van der Waals surface area contributed by atoms with Gasteiger partial charge >= 0.3 is 0 Å². The van der Waals surface area contributed by atoms with Gasteiger partial charge in [-0.3, -0.25) is 4.79 Å². The standard InChI is InChI=1S/C19H25N3OS/c1-2-20-13-16-8-10-22(11-9-16)19(23)17-14-24-18(21-17)12-15-6-4-3-5-7-15/h3-7,14,16,20H,2,8-13H2,1H3. The molecule has 5 heteroatoms. The van der Waals surface area contributed by atoms with Crippen LogP contribution in [0.3, 0.4) is 0 Å². The van der Waals surface area contributed by atoms with Gasteiger partial charge in [-0.2, -0.15) is 0 Å². The van der Waals surface area contributed by atoms with Crippen molar-refractivity contribution in [3.8, 4) is 0 Å². The molecule has 2 aromatic rings. The van der Waals surface area contributed by atoms with Crippen LogP contribution in [-0.4, -0.2) is 42.0 Å². The predicted octanol–water partition coefficient (Wildman–Crippen LogP) is 3.20. The molecule has 0 unspecified atom stereocenters. The first kappa shape index (κ1) is 17.1. The quantitative estimate of drug-likeness (QED) is 0.876. The van der Waals surface area contributed by atoms with Crippen molar-refractivity contribution >= 4 is 17.2 Å². The predicted molar refractivity (Wildman–Crippen MR) is 98.5 cm³/mol. The Morgan fingerprint density at radius 2 is 2.04 bits per heavy atom. The monoisotopic (exact) mass is 343 g/mol. The van der Waals surface area contributed by atoms with E-state index in [1.165, 1.54) is 5.56 Å². The van der Waals surface area contributed by atoms with Crippen molar-refractivity contribution in [3.63, 3.8) is 0 Å². The Labute approximate surface area is 147 Å². The van der Waals surface area contributed by atoms with Crippen molar-refractivity contribution in [2.24, 2.45) is 5.92 Å². The summed E-state index contributed by atoms with van der Waals surface area (Å²) < 4.78 is 0. The first-order valence-corrected chi connectivity index (χ1v) is 9.62. The zero-order chi connectivity index (χ0) is 16.8. The molecule has 0 radical (unpaired) electrons. The molecule has 0 bridgehead atoms. The topological polar surface area (TPSA) is 45.2 Å². The molecule has 24 heavy (non-hydrogen) atoms. The molecule has 1 saturated heterocycles. The van der Waals surface area contributed by atoms with Crippen LogP contribution in [0.5, 0.6) is 0 Å². The molecule has 128 valence electrons. The molecule has 0 atom stereocenters. The molecule has 2 heterocycles. The zero-order valence-electron chi connectivity index (χ0n) is 14.2. The number of nitrogens with zero attached hydrogens (tertiary/aromatic N) is 2. The minimum atomic E-state index is 0.0902. The number of hydrogen-bond donors (Lipinski definition) is 1. The third-order valence-corrected chi connectivity index (χ3v) is 5.40. The lowest BCUT2D eigenvalue weighted by Gasteiger charge is -2.31. The number of amides is 1. The van der Waals surface area contributed by atoms with Crippen molar-refractivity contribution in [2.45, 2.75) is 26.2 Å². The van der Waals surface area contributed by atoms with E-state index >= 15 is 0 Å². The summed E-state index contributed by atoms with van der Waals surface area (Å²) in [5, 5.41) is 6.32. The Kier molecular flexibility index (Phi) is 5.99. The van der Waals surface area contributed by atoms with Crippen molar-refractivity contribution in [1.29, 1.82) is 0 Å². The van der Waals surface area contributed by atoms with Crippen molar-refractivity contribution < 1.29 is 4.79 Å². The lowest BCUT2D eigenvalue weighted by molar-refractivity contribution is 0.0685. The van der Waals surface area contributed by atoms with E-state index in [0.717, 1.165) is 50.4 Å². The molecule has 1 N–H and O–H groups in total. The molecule has 0 saturated carbocycles. The molecule has 1 aromatic heterocycles. The van der Waals surface area contributed by atoms with Crippen molar-refractivity contribution in [3.05, 3.63) is 52.0 Å². The summed E-state index contributed by atoms with van der Waals surface area (Å²) in [4.78, 5) is 19.2. The molecule has 1 amide bonds. The van der Waals surface area contributed by atoms with E-state index in [9.17, 15) is 4.79 Å². The number of hydrogen-bond acceptors (Lipinski definition) is 4. The summed E-state index contributed by atoms with van der Waals surface area (Å²) in [7, 11) is 0. The average Bonchev–Trinajstić information content (AvgIpc) is 3.09. The molecule has 3 rings (SSSR count). The highest BCUT2D eigenvalue weighted by Crippen LogP contribution is 2.20. The zero-order valence-corrected chi connectivity index (χ0v) is 15.0. The second-order valence-electron chi connectivity index (χ2n) is 6.33. The number of nitrogens with one attached hydrogen (secondary N) is 1. The molecule has 4 nitrogen and oxygen atoms in total. The molecule has 0 spiro atoms. The summed E-state index contributed by atoms with van der Waals surface area (Å²) in [6.07, 6.45) is 2.96. The maximum atomic E-state index is 12.6. The van der Waals surface area contributed by atoms with Gasteiger partial charge in [0.05, 0.1) is 5.01 Å². The second-order valence-corrected chi connectivity index (χ2v) is 7.27. The number of carbonyl (C=O) groups excluding carboxylic acids is 1. The third kappa shape index (κ3) is 4.42. The van der Waals surface area contributed by atoms with E-state index in [0.29, 0.717) is 11.6 Å². The molecule has 1 aliphatic heterocycles. The van der Waals surface area contributed by atoms with Crippen LogP contribution in [0, 0.1) is 5.92 Å². The maximum absolute atomic E-state index is 12.6. The number of aromatic nitrogens is 1. The molecule has 1 aromatic carbocycles. The Hall–Kier alpha value is -1.72. The van der Waals surface area contributed by atoms with Gasteiger partial charge in [0.1, 0.15) is 5.69 Å². The second kappa shape index (κ2) is 8.40. The van der Waals surface area contributed by atoms with Gasteiger partial charge in [-0.1, -0.05) is 37.3 Å². The minimum absolute atomic E-state index is 0.0902. The van der Waals surface area contributed by atoms with E-state index in [1.807, 2.05) is 28.5 Å². The summed E-state index contributed by atoms with van der Waals surface area (Å²) in [6.45, 7) is 5.91. The first-order chi connectivity index (χ1) is 11.8. The summed E-state index contributed by atoms with van der Waals surface area (Å²) in [5.74, 6) is 0.783. The smallest absolute Gasteiger partial charge is 0.273 e. The fourth-order valence-corrected chi connectivity index (χ4v) is 3.91. The van der Waals surface area contributed by atoms with E-state index in [-0.39, 0.29) is 5.91 Å². The Bertz CT molecular complexity index is 648. The fraction of sp³-hybridized carbons (Fsp3) is 0.474. The molecular formula is C19H25N3OS. The SMILES string of the molecule is CCNCC1CCN(C(=O)c2csc(Cc3ccccc3)n2)CC1. The highest BCUT2D eigenvalue weighted by atomic mass is 32.1. The lowest BCUT2D eigenvalue weighted by Crippen LogP contribution is -2.40. The van der Waals surface area contributed by atoms with Gasteiger partial charge in [0.15, 0.2) is 0 Å². The Morgan fingerprint density at radius 3 is 2.75 bits per heavy atom. The number of rotatable bonds is 6. The van der Waals surface area contributed by atoms with Crippen LogP contribution in [0.4, 0.5) is 0 Å². The Balaban J connectivity index is 1.54. The van der Waals surface area contributed by atoms with Crippen molar-refractivity contribution in [2.75, 3.05) is 26.2 Å². The van der Waals surface area contributed by atoms with Gasteiger partial charge in [0.2, 0.25) is 0 Å². The van der Waals surface area contributed by atoms with E-state index in [4.69, 9.17) is 0 Å². The van der Waals surface area contributed by atoms with Gasteiger partial charge in [0.25, 0.3) is 5.91 Å². The lowest BCUT2D eigenvalue weighted by atomic mass is 9.96. The minimum Gasteiger partial charge on any atom is -0.337 e.